The number of unbranched alkanes of at least 4 members (excludes halogenated alkanes) is 15. The van der Waals surface area contributed by atoms with E-state index in [0.717, 1.165) is 109 Å². The van der Waals surface area contributed by atoms with Gasteiger partial charge in [-0.3, -0.25) is 14.4 Å². The third-order valence-corrected chi connectivity index (χ3v) is 11.4. The number of hydrogen-bond donors (Lipinski definition) is 3. The Hall–Kier alpha value is -4.10. The molecule has 0 radical (unpaired) electrons. The lowest BCUT2D eigenvalue weighted by Gasteiger charge is -2.40. The number of aliphatic carboxylic acids is 1. The quantitative estimate of drug-likeness (QED) is 0.0229. The van der Waals surface area contributed by atoms with Crippen LogP contribution in [-0.2, 0) is 42.9 Å². The van der Waals surface area contributed by atoms with Crippen LogP contribution < -0.4 is 0 Å². The van der Waals surface area contributed by atoms with Crippen LogP contribution in [0.5, 0.6) is 0 Å². The zero-order valence-electron chi connectivity index (χ0n) is 42.8. The van der Waals surface area contributed by atoms with Gasteiger partial charge in [-0.25, -0.2) is 4.79 Å². The van der Waals surface area contributed by atoms with Crippen LogP contribution in [0, 0.1) is 0 Å². The zero-order valence-corrected chi connectivity index (χ0v) is 42.8. The van der Waals surface area contributed by atoms with Gasteiger partial charge in [-0.2, -0.15) is 0 Å². The largest absolute Gasteiger partial charge is 0.479 e. The number of allylic oxidation sites excluding steroid dienone is 14. The fraction of sp³-hybridized carbons (Fsp3) is 0.684. The minimum Gasteiger partial charge on any atom is -0.479 e. The first kappa shape index (κ1) is 62.9. The number of ether oxygens (including phenoxy) is 5. The number of carbonyl (C=O) groups excluding carboxylic acids is 3. The molecule has 0 aromatic heterocycles. The molecule has 1 rings (SSSR count). The molecule has 1 fully saturated rings. The van der Waals surface area contributed by atoms with Crippen molar-refractivity contribution in [1.82, 2.24) is 0 Å². The zero-order chi connectivity index (χ0) is 50.4. The molecule has 0 saturated carbocycles. The summed E-state index contributed by atoms with van der Waals surface area (Å²) in [6, 6.07) is 0. The lowest BCUT2D eigenvalue weighted by Crippen LogP contribution is -2.61. The maximum absolute atomic E-state index is 13.0. The number of esters is 3. The molecule has 0 amide bonds. The molecule has 6 atom stereocenters. The lowest BCUT2D eigenvalue weighted by molar-refractivity contribution is -0.301. The molecule has 1 saturated heterocycles. The molecule has 6 unspecified atom stereocenters. The summed E-state index contributed by atoms with van der Waals surface area (Å²) in [5.41, 5.74) is 0. The standard InChI is InChI=1S/C57H92O12/c1-4-7-10-13-16-19-22-23-24-25-26-27-30-33-36-39-42-45-51(60)68-55-53(62)52(61)54(56(63)64)69-57(55)66-47-48(67-50(59)44-41-38-35-32-29-21-18-15-12-9-6-3)46-65-49(58)43-40-37-34-31-28-20-17-14-11-8-5-2/h7,10,14-19,23-24,26-27,33,36,48,52-55,57,61-62H,4-6,8-9,11-13,20-22,25,28-32,34-35,37-47H2,1-3H3,(H,63,64)/b10-7-,17-14-,18-15-,19-16-,24-23-,27-26-,36-33-. The Bertz CT molecular complexity index is 1530. The number of aliphatic hydroxyl groups excluding tert-OH is 2. The predicted octanol–water partition coefficient (Wildman–Crippen LogP) is 12.8. The Balaban J connectivity index is 2.76. The van der Waals surface area contributed by atoms with E-state index in [1.165, 1.54) is 25.7 Å². The van der Waals surface area contributed by atoms with Crippen LogP contribution in [-0.4, -0.2) is 89.2 Å². The molecular formula is C57H92O12. The average molecular weight is 969 g/mol. The number of carbonyl (C=O) groups is 4. The molecule has 0 spiro atoms. The normalized spacial score (nSPS) is 19.3. The average Bonchev–Trinajstić information content (AvgIpc) is 3.33. The summed E-state index contributed by atoms with van der Waals surface area (Å²) < 4.78 is 28.2. The summed E-state index contributed by atoms with van der Waals surface area (Å²) in [6.45, 7) is 5.72. The van der Waals surface area contributed by atoms with E-state index >= 15 is 0 Å². The van der Waals surface area contributed by atoms with Gasteiger partial charge >= 0.3 is 23.9 Å². The van der Waals surface area contributed by atoms with Crippen molar-refractivity contribution >= 4 is 23.9 Å². The molecule has 1 aliphatic heterocycles. The molecule has 392 valence electrons. The van der Waals surface area contributed by atoms with Gasteiger partial charge in [0.15, 0.2) is 24.6 Å². The third-order valence-electron chi connectivity index (χ3n) is 11.4. The first-order valence-electron chi connectivity index (χ1n) is 26.6. The highest BCUT2D eigenvalue weighted by Gasteiger charge is 2.50. The molecule has 69 heavy (non-hydrogen) atoms. The number of rotatable bonds is 43. The molecule has 0 aromatic rings. The second kappa shape index (κ2) is 45.1. The molecule has 0 aromatic carbocycles. The highest BCUT2D eigenvalue weighted by Crippen LogP contribution is 2.26. The SMILES string of the molecule is CC/C=C\C/C=C\C/C=C\C/C=C\C/C=C\CCCC(=O)OC1C(OCC(COC(=O)CCCCCCC/C=C\CCCC)OC(=O)CCCCCCC/C=C\CCCC)OC(C(=O)O)C(O)C1O. The van der Waals surface area contributed by atoms with Gasteiger partial charge < -0.3 is 39.0 Å². The third kappa shape index (κ3) is 35.6. The van der Waals surface area contributed by atoms with Crippen molar-refractivity contribution in [3.63, 3.8) is 0 Å². The van der Waals surface area contributed by atoms with Gasteiger partial charge in [-0.1, -0.05) is 170 Å². The van der Waals surface area contributed by atoms with E-state index < -0.39 is 67.3 Å². The van der Waals surface area contributed by atoms with Crippen molar-refractivity contribution in [2.45, 2.75) is 237 Å². The van der Waals surface area contributed by atoms with Crippen LogP contribution in [0.4, 0.5) is 0 Å². The summed E-state index contributed by atoms with van der Waals surface area (Å²) in [6.07, 6.45) is 44.4. The van der Waals surface area contributed by atoms with E-state index in [-0.39, 0.29) is 25.9 Å². The summed E-state index contributed by atoms with van der Waals surface area (Å²) >= 11 is 0. The highest BCUT2D eigenvalue weighted by atomic mass is 16.7. The van der Waals surface area contributed by atoms with Gasteiger partial charge in [0.25, 0.3) is 0 Å². The van der Waals surface area contributed by atoms with Crippen molar-refractivity contribution in [3.8, 4) is 0 Å². The summed E-state index contributed by atoms with van der Waals surface area (Å²) in [4.78, 5) is 50.8. The first-order valence-corrected chi connectivity index (χ1v) is 26.6. The first-order chi connectivity index (χ1) is 33.6. The van der Waals surface area contributed by atoms with Gasteiger partial charge in [0, 0.05) is 19.3 Å². The number of aliphatic hydroxyl groups is 2. The summed E-state index contributed by atoms with van der Waals surface area (Å²) in [7, 11) is 0. The Kier molecular flexibility index (Phi) is 41.1. The van der Waals surface area contributed by atoms with E-state index in [4.69, 9.17) is 23.7 Å². The molecule has 0 aliphatic carbocycles. The summed E-state index contributed by atoms with van der Waals surface area (Å²) in [5.74, 6) is -3.23. The maximum atomic E-state index is 13.0. The topological polar surface area (TPSA) is 175 Å². The minimum atomic E-state index is -1.93. The molecule has 0 bridgehead atoms. The lowest BCUT2D eigenvalue weighted by atomic mass is 9.98. The van der Waals surface area contributed by atoms with E-state index in [1.807, 2.05) is 12.2 Å². The van der Waals surface area contributed by atoms with Crippen LogP contribution in [0.25, 0.3) is 0 Å². The van der Waals surface area contributed by atoms with Crippen molar-refractivity contribution in [2.75, 3.05) is 13.2 Å². The van der Waals surface area contributed by atoms with Crippen LogP contribution in [0.15, 0.2) is 85.1 Å². The number of carboxylic acid groups (broad SMARTS) is 1. The Labute approximate surface area is 416 Å². The maximum Gasteiger partial charge on any atom is 0.335 e. The van der Waals surface area contributed by atoms with Crippen LogP contribution in [0.3, 0.4) is 0 Å². The van der Waals surface area contributed by atoms with E-state index in [1.54, 1.807) is 0 Å². The van der Waals surface area contributed by atoms with Crippen molar-refractivity contribution in [2.24, 2.45) is 0 Å². The molecule has 12 nitrogen and oxygen atoms in total. The van der Waals surface area contributed by atoms with Crippen molar-refractivity contribution in [1.29, 1.82) is 0 Å². The smallest absolute Gasteiger partial charge is 0.335 e. The van der Waals surface area contributed by atoms with Crippen LogP contribution in [0.1, 0.15) is 201 Å². The van der Waals surface area contributed by atoms with Gasteiger partial charge in [-0.15, -0.1) is 0 Å². The second-order valence-corrected chi connectivity index (χ2v) is 17.8. The van der Waals surface area contributed by atoms with Crippen LogP contribution in [0.2, 0.25) is 0 Å². The van der Waals surface area contributed by atoms with Crippen molar-refractivity contribution < 1.29 is 58.2 Å². The van der Waals surface area contributed by atoms with E-state index in [0.29, 0.717) is 25.7 Å². The second-order valence-electron chi connectivity index (χ2n) is 17.8. The fourth-order valence-corrected chi connectivity index (χ4v) is 7.30. The molecule has 1 heterocycles. The monoisotopic (exact) mass is 969 g/mol. The Morgan fingerprint density at radius 2 is 0.928 bits per heavy atom. The van der Waals surface area contributed by atoms with Gasteiger partial charge in [0.05, 0.1) is 6.61 Å². The summed E-state index contributed by atoms with van der Waals surface area (Å²) in [5, 5.41) is 31.3. The highest BCUT2D eigenvalue weighted by molar-refractivity contribution is 5.74. The molecule has 3 N–H and O–H groups in total. The van der Waals surface area contributed by atoms with Gasteiger partial charge in [0.1, 0.15) is 18.8 Å². The predicted molar refractivity (Wildman–Crippen MR) is 275 cm³/mol. The Morgan fingerprint density at radius 3 is 1.45 bits per heavy atom. The molecule has 1 aliphatic rings. The van der Waals surface area contributed by atoms with E-state index in [9.17, 15) is 34.5 Å². The number of hydrogen-bond acceptors (Lipinski definition) is 11. The fourth-order valence-electron chi connectivity index (χ4n) is 7.30. The van der Waals surface area contributed by atoms with Crippen LogP contribution >= 0.6 is 0 Å². The number of carboxylic acids is 1. The minimum absolute atomic E-state index is 0.0224. The van der Waals surface area contributed by atoms with E-state index in [2.05, 4.69) is 93.7 Å². The Morgan fingerprint density at radius 1 is 0.493 bits per heavy atom. The van der Waals surface area contributed by atoms with Crippen molar-refractivity contribution in [3.05, 3.63) is 85.1 Å². The molecular weight excluding hydrogens is 877 g/mol. The van der Waals surface area contributed by atoms with Gasteiger partial charge in [0.2, 0.25) is 0 Å². The van der Waals surface area contributed by atoms with Gasteiger partial charge in [-0.05, 0) is 96.3 Å². The molecule has 12 heteroatoms.